The molecule has 4 fully saturated rings. The van der Waals surface area contributed by atoms with Crippen molar-refractivity contribution in [3.8, 4) is 0 Å². The van der Waals surface area contributed by atoms with Gasteiger partial charge in [0.1, 0.15) is 11.9 Å². The van der Waals surface area contributed by atoms with Gasteiger partial charge in [-0.1, -0.05) is 33.8 Å². The largest absolute Gasteiger partial charge is 0.509 e. The number of carbonyl (C=O) groups excluding carboxylic acids is 3. The molecule has 11 atom stereocenters. The van der Waals surface area contributed by atoms with Gasteiger partial charge in [-0.15, -0.1) is 0 Å². The first-order valence-electron chi connectivity index (χ1n) is 15.2. The van der Waals surface area contributed by atoms with E-state index in [9.17, 15) is 23.9 Å². The predicted molar refractivity (Wildman–Crippen MR) is 144 cm³/mol. The van der Waals surface area contributed by atoms with Crippen molar-refractivity contribution >= 4 is 17.9 Å². The van der Waals surface area contributed by atoms with Gasteiger partial charge >= 0.3 is 12.1 Å². The van der Waals surface area contributed by atoms with Crippen LogP contribution in [0, 0.1) is 45.8 Å². The van der Waals surface area contributed by atoms with Crippen LogP contribution >= 0.6 is 0 Å². The standard InChI is InChI=1S/C32H41F3O7/c1-16-10-20-21-13-23(34)22-12-19(36)8-9-29(22,4)31(21,35)24(37)14-30(20,5)32(16,26(38)40-15-33)42-27(39)41-25-17-6-7-18(11-17)28(25,2)3/h8-9,16-18,20-21,24-25,37H,6-7,10-15H2,1-5H3/t16-,17-,18+,20+,21+,24+,25-,29+,30+,31+,32+/m1/s1. The average Bonchev–Trinajstić information content (AvgIpc) is 3.55. The van der Waals surface area contributed by atoms with Crippen molar-refractivity contribution in [3.05, 3.63) is 23.6 Å². The number of aliphatic hydroxyl groups excluding tert-OH is 1. The molecule has 7 nitrogen and oxygen atoms in total. The first kappa shape index (κ1) is 29.7. The van der Waals surface area contributed by atoms with Gasteiger partial charge in [-0.25, -0.2) is 22.8 Å². The zero-order valence-corrected chi connectivity index (χ0v) is 24.9. The molecule has 10 heteroatoms. The first-order chi connectivity index (χ1) is 19.6. The summed E-state index contributed by atoms with van der Waals surface area (Å²) in [4.78, 5) is 39.4. The van der Waals surface area contributed by atoms with Crippen molar-refractivity contribution in [1.29, 1.82) is 0 Å². The number of allylic oxidation sites excluding steroid dienone is 4. The minimum absolute atomic E-state index is 0.0267. The summed E-state index contributed by atoms with van der Waals surface area (Å²) in [5.74, 6) is -4.18. The molecular formula is C32H41F3O7. The third-order valence-corrected chi connectivity index (χ3v) is 12.8. The molecule has 0 saturated heterocycles. The van der Waals surface area contributed by atoms with Crippen molar-refractivity contribution < 1.29 is 46.9 Å². The Hall–Kier alpha value is -2.36. The number of aliphatic hydroxyl groups is 1. The van der Waals surface area contributed by atoms with E-state index in [1.807, 2.05) is 13.8 Å². The number of carbonyl (C=O) groups is 3. The van der Waals surface area contributed by atoms with Gasteiger partial charge in [-0.05, 0) is 68.4 Å². The number of hydrogen-bond acceptors (Lipinski definition) is 7. The Morgan fingerprint density at radius 2 is 1.83 bits per heavy atom. The Morgan fingerprint density at radius 1 is 1.12 bits per heavy atom. The number of esters is 1. The van der Waals surface area contributed by atoms with E-state index in [4.69, 9.17) is 14.2 Å². The molecule has 0 aromatic heterocycles. The highest BCUT2D eigenvalue weighted by atomic mass is 19.1. The number of fused-ring (bicyclic) bond motifs is 7. The predicted octanol–water partition coefficient (Wildman–Crippen LogP) is 6.09. The summed E-state index contributed by atoms with van der Waals surface area (Å²) in [5.41, 5.74) is -7.76. The molecule has 6 aliphatic rings. The van der Waals surface area contributed by atoms with Crippen molar-refractivity contribution in [3.63, 3.8) is 0 Å². The Kier molecular flexibility index (Phi) is 6.59. The van der Waals surface area contributed by atoms with Crippen molar-refractivity contribution in [2.75, 3.05) is 6.86 Å². The zero-order valence-electron chi connectivity index (χ0n) is 24.9. The lowest BCUT2D eigenvalue weighted by atomic mass is 9.45. The molecule has 0 aromatic rings. The highest BCUT2D eigenvalue weighted by molar-refractivity contribution is 5.93. The number of rotatable bonds is 4. The maximum Gasteiger partial charge on any atom is 0.509 e. The molecule has 232 valence electrons. The van der Waals surface area contributed by atoms with E-state index in [0.717, 1.165) is 19.3 Å². The van der Waals surface area contributed by atoms with Gasteiger partial charge in [0.2, 0.25) is 12.5 Å². The van der Waals surface area contributed by atoms with E-state index in [1.54, 1.807) is 13.8 Å². The highest BCUT2D eigenvalue weighted by Gasteiger charge is 2.78. The van der Waals surface area contributed by atoms with E-state index in [1.165, 1.54) is 19.1 Å². The van der Waals surface area contributed by atoms with Crippen LogP contribution in [0.2, 0.25) is 0 Å². The third kappa shape index (κ3) is 3.53. The number of alkyl halides is 2. The number of hydrogen-bond donors (Lipinski definition) is 1. The second-order valence-electron chi connectivity index (χ2n) is 14.8. The average molecular weight is 595 g/mol. The maximum atomic E-state index is 17.6. The first-order valence-corrected chi connectivity index (χ1v) is 15.2. The molecule has 42 heavy (non-hydrogen) atoms. The van der Waals surface area contributed by atoms with Crippen molar-refractivity contribution in [2.45, 2.75) is 103 Å². The summed E-state index contributed by atoms with van der Waals surface area (Å²) in [5, 5.41) is 11.6. The summed E-state index contributed by atoms with van der Waals surface area (Å²) >= 11 is 0. The molecule has 6 aliphatic carbocycles. The summed E-state index contributed by atoms with van der Waals surface area (Å²) in [6, 6.07) is 0. The Bertz CT molecular complexity index is 1280. The highest BCUT2D eigenvalue weighted by Crippen LogP contribution is 2.72. The van der Waals surface area contributed by atoms with Crippen LogP contribution in [0.5, 0.6) is 0 Å². The van der Waals surface area contributed by atoms with Gasteiger partial charge in [0.25, 0.3) is 0 Å². The molecule has 0 aromatic carbocycles. The molecule has 0 radical (unpaired) electrons. The normalized spacial score (nSPS) is 48.4. The topological polar surface area (TPSA) is 99.1 Å². The van der Waals surface area contributed by atoms with Crippen LogP contribution < -0.4 is 0 Å². The van der Waals surface area contributed by atoms with Gasteiger partial charge in [-0.3, -0.25) is 4.79 Å². The summed E-state index contributed by atoms with van der Waals surface area (Å²) in [6.07, 6.45) is 1.39. The molecular weight excluding hydrogens is 553 g/mol. The zero-order chi connectivity index (χ0) is 30.6. The molecule has 4 saturated carbocycles. The van der Waals surface area contributed by atoms with E-state index >= 15 is 8.78 Å². The molecule has 0 amide bonds. The third-order valence-electron chi connectivity index (χ3n) is 12.8. The summed E-state index contributed by atoms with van der Waals surface area (Å²) < 4.78 is 63.6. The fourth-order valence-electron chi connectivity index (χ4n) is 10.7. The van der Waals surface area contributed by atoms with Crippen molar-refractivity contribution in [1.82, 2.24) is 0 Å². The summed E-state index contributed by atoms with van der Waals surface area (Å²) in [7, 11) is 0. The fraction of sp³-hybridized carbons (Fsp3) is 0.781. The van der Waals surface area contributed by atoms with Crippen LogP contribution in [0.15, 0.2) is 23.6 Å². The Labute approximate surface area is 244 Å². The Morgan fingerprint density at radius 3 is 2.48 bits per heavy atom. The van der Waals surface area contributed by atoms with Crippen LogP contribution in [0.3, 0.4) is 0 Å². The van der Waals surface area contributed by atoms with Crippen LogP contribution in [-0.2, 0) is 23.8 Å². The fourth-order valence-corrected chi connectivity index (χ4v) is 10.7. The van der Waals surface area contributed by atoms with E-state index in [2.05, 4.69) is 0 Å². The SMILES string of the molecule is C[C@@H]1C[C@H]2[C@@H]3CC(F)=C4CC(=O)C=C[C@]4(C)[C@@]3(F)[C@@H](O)C[C@]2(C)[C@@]1(OC(=O)O[C@@H]1[C@@H]2CC[C@@H](C2)C1(C)C)C(=O)OCF. The van der Waals surface area contributed by atoms with E-state index < -0.39 is 76.9 Å². The molecule has 2 bridgehead atoms. The summed E-state index contributed by atoms with van der Waals surface area (Å²) in [6.45, 7) is 7.37. The van der Waals surface area contributed by atoms with Gasteiger partial charge in [0, 0.05) is 40.9 Å². The minimum Gasteiger partial charge on any atom is -0.431 e. The molecule has 0 unspecified atom stereocenters. The number of ketones is 1. The lowest BCUT2D eigenvalue weighted by Gasteiger charge is -2.62. The van der Waals surface area contributed by atoms with Gasteiger partial charge in [0.05, 0.1) is 6.10 Å². The quantitative estimate of drug-likeness (QED) is 0.394. The van der Waals surface area contributed by atoms with Crippen LogP contribution in [0.4, 0.5) is 18.0 Å². The molecule has 0 heterocycles. The second-order valence-corrected chi connectivity index (χ2v) is 14.8. The van der Waals surface area contributed by atoms with Crippen LogP contribution in [0.1, 0.15) is 79.6 Å². The van der Waals surface area contributed by atoms with E-state index in [0.29, 0.717) is 5.92 Å². The molecule has 1 N–H and O–H groups in total. The number of ether oxygens (including phenoxy) is 3. The van der Waals surface area contributed by atoms with Gasteiger partial charge in [0.15, 0.2) is 11.5 Å². The molecule has 6 rings (SSSR count). The second kappa shape index (κ2) is 9.32. The number of halogens is 3. The van der Waals surface area contributed by atoms with Gasteiger partial charge < -0.3 is 19.3 Å². The molecule has 0 spiro atoms. The smallest absolute Gasteiger partial charge is 0.431 e. The van der Waals surface area contributed by atoms with Crippen LogP contribution in [-0.4, -0.2) is 53.4 Å². The Balaban J connectivity index is 1.39. The maximum absolute atomic E-state index is 17.6. The lowest BCUT2D eigenvalue weighted by Crippen LogP contribution is -2.70. The van der Waals surface area contributed by atoms with E-state index in [-0.39, 0.29) is 48.4 Å². The van der Waals surface area contributed by atoms with Crippen LogP contribution in [0.25, 0.3) is 0 Å². The molecule has 0 aliphatic heterocycles. The lowest BCUT2D eigenvalue weighted by molar-refractivity contribution is -0.231. The minimum atomic E-state index is -2.37. The van der Waals surface area contributed by atoms with Gasteiger partial charge in [-0.2, -0.15) is 0 Å². The monoisotopic (exact) mass is 594 g/mol. The van der Waals surface area contributed by atoms with Crippen molar-refractivity contribution in [2.24, 2.45) is 45.8 Å².